The molecule has 1 aromatic carbocycles. The molecule has 4 heteroatoms. The van der Waals surface area contributed by atoms with Crippen molar-refractivity contribution < 1.29 is 4.39 Å². The third-order valence-corrected chi connectivity index (χ3v) is 3.46. The van der Waals surface area contributed by atoms with Crippen LogP contribution < -0.4 is 0 Å². The van der Waals surface area contributed by atoms with Gasteiger partial charge in [-0.3, -0.25) is 0 Å². The summed E-state index contributed by atoms with van der Waals surface area (Å²) in [5.41, 5.74) is 1.05. The van der Waals surface area contributed by atoms with E-state index >= 15 is 0 Å². The molecular formula is C12H9ClFNS. The first-order valence-corrected chi connectivity index (χ1v) is 6.10. The first-order chi connectivity index (χ1) is 7.75. The highest BCUT2D eigenvalue weighted by molar-refractivity contribution is 7.98. The lowest BCUT2D eigenvalue weighted by Gasteiger charge is -2.03. The van der Waals surface area contributed by atoms with Gasteiger partial charge in [-0.25, -0.2) is 4.98 Å². The number of pyridine rings is 1. The monoisotopic (exact) mass is 253 g/mol. The van der Waals surface area contributed by atoms with E-state index in [0.29, 0.717) is 0 Å². The zero-order valence-corrected chi connectivity index (χ0v) is 9.93. The molecule has 0 atom stereocenters. The minimum absolute atomic E-state index is 0.454. The Hall–Kier alpha value is -1.06. The van der Waals surface area contributed by atoms with E-state index in [4.69, 9.17) is 11.6 Å². The summed E-state index contributed by atoms with van der Waals surface area (Å²) in [6.07, 6.45) is 1.46. The highest BCUT2D eigenvalue weighted by Crippen LogP contribution is 2.26. The highest BCUT2D eigenvalue weighted by atomic mass is 35.5. The lowest BCUT2D eigenvalue weighted by atomic mass is 10.2. The summed E-state index contributed by atoms with van der Waals surface area (Å²) in [7, 11) is 0. The molecule has 0 aliphatic carbocycles. The molecule has 0 unspecified atom stereocenters. The van der Waals surface area contributed by atoms with Gasteiger partial charge >= 0.3 is 0 Å². The molecule has 0 amide bonds. The maximum absolute atomic E-state index is 12.8. The molecule has 0 saturated heterocycles. The van der Waals surface area contributed by atoms with Gasteiger partial charge in [0.15, 0.2) is 0 Å². The third kappa shape index (κ3) is 2.97. The predicted octanol–water partition coefficient (Wildman–Crippen LogP) is 4.17. The highest BCUT2D eigenvalue weighted by Gasteiger charge is 2.01. The molecule has 0 aliphatic heterocycles. The van der Waals surface area contributed by atoms with Crippen LogP contribution in [0.5, 0.6) is 0 Å². The molecule has 2 rings (SSSR count). The average Bonchev–Trinajstić information content (AvgIpc) is 2.28. The molecule has 1 aromatic heterocycles. The maximum atomic E-state index is 12.8. The van der Waals surface area contributed by atoms with E-state index in [9.17, 15) is 4.39 Å². The fourth-order valence-corrected chi connectivity index (χ4v) is 2.44. The number of aromatic nitrogens is 1. The normalized spacial score (nSPS) is 10.4. The van der Waals surface area contributed by atoms with Crippen molar-refractivity contribution in [2.75, 3.05) is 0 Å². The number of nitrogens with zero attached hydrogens (tertiary/aromatic N) is 1. The number of hydrogen-bond acceptors (Lipinski definition) is 2. The predicted molar refractivity (Wildman–Crippen MR) is 65.2 cm³/mol. The second kappa shape index (κ2) is 5.32. The van der Waals surface area contributed by atoms with E-state index in [1.54, 1.807) is 6.07 Å². The molecule has 0 bridgehead atoms. The standard InChI is InChI=1S/C12H9ClFNS/c13-11-4-2-1-3-9(11)8-16-10-5-6-15-12(14)7-10/h1-7H,8H2. The summed E-state index contributed by atoms with van der Waals surface area (Å²) in [6, 6.07) is 10.8. The van der Waals surface area contributed by atoms with Gasteiger partial charge in [0.05, 0.1) is 0 Å². The molecule has 2 aromatic rings. The average molecular weight is 254 g/mol. The van der Waals surface area contributed by atoms with E-state index in [-0.39, 0.29) is 0 Å². The molecule has 82 valence electrons. The van der Waals surface area contributed by atoms with Gasteiger partial charge in [0.25, 0.3) is 0 Å². The molecular weight excluding hydrogens is 245 g/mol. The Morgan fingerprint density at radius 2 is 2.06 bits per heavy atom. The van der Waals surface area contributed by atoms with Crippen LogP contribution in [0.3, 0.4) is 0 Å². The number of halogens is 2. The fourth-order valence-electron chi connectivity index (χ4n) is 1.25. The summed E-state index contributed by atoms with van der Waals surface area (Å²) in [5, 5.41) is 0.740. The summed E-state index contributed by atoms with van der Waals surface area (Å²) >= 11 is 7.56. The van der Waals surface area contributed by atoms with Gasteiger partial charge in [-0.15, -0.1) is 11.8 Å². The third-order valence-electron chi connectivity index (χ3n) is 2.05. The van der Waals surface area contributed by atoms with E-state index < -0.39 is 5.95 Å². The van der Waals surface area contributed by atoms with Crippen molar-refractivity contribution in [3.63, 3.8) is 0 Å². The zero-order chi connectivity index (χ0) is 11.4. The van der Waals surface area contributed by atoms with Gasteiger partial charge in [0.2, 0.25) is 5.95 Å². The van der Waals surface area contributed by atoms with Gasteiger partial charge in [0.1, 0.15) is 0 Å². The number of benzene rings is 1. The maximum Gasteiger partial charge on any atom is 0.213 e. The van der Waals surface area contributed by atoms with Crippen LogP contribution in [0.2, 0.25) is 5.02 Å². The minimum atomic E-state index is -0.454. The first kappa shape index (κ1) is 11.4. The van der Waals surface area contributed by atoms with Crippen molar-refractivity contribution in [2.45, 2.75) is 10.6 Å². The van der Waals surface area contributed by atoms with Crippen LogP contribution in [0.25, 0.3) is 0 Å². The van der Waals surface area contributed by atoms with E-state index in [2.05, 4.69) is 4.98 Å². The molecule has 0 saturated carbocycles. The Kier molecular flexibility index (Phi) is 3.80. The number of thioether (sulfide) groups is 1. The van der Waals surface area contributed by atoms with Crippen LogP contribution >= 0.6 is 23.4 Å². The van der Waals surface area contributed by atoms with Gasteiger partial charge in [-0.05, 0) is 17.7 Å². The van der Waals surface area contributed by atoms with Crippen LogP contribution in [0.4, 0.5) is 4.39 Å². The fraction of sp³-hybridized carbons (Fsp3) is 0.0833. The smallest absolute Gasteiger partial charge is 0.213 e. The lowest BCUT2D eigenvalue weighted by molar-refractivity contribution is 0.579. The molecule has 1 heterocycles. The number of hydrogen-bond donors (Lipinski definition) is 0. The van der Waals surface area contributed by atoms with Crippen LogP contribution in [-0.4, -0.2) is 4.98 Å². The molecule has 0 spiro atoms. The molecule has 1 nitrogen and oxygen atoms in total. The Morgan fingerprint density at radius 1 is 1.25 bits per heavy atom. The van der Waals surface area contributed by atoms with E-state index in [1.165, 1.54) is 24.0 Å². The first-order valence-electron chi connectivity index (χ1n) is 4.73. The van der Waals surface area contributed by atoms with Gasteiger partial charge < -0.3 is 0 Å². The second-order valence-electron chi connectivity index (χ2n) is 3.19. The molecule has 0 N–H and O–H groups in total. The van der Waals surface area contributed by atoms with Crippen molar-refractivity contribution >= 4 is 23.4 Å². The van der Waals surface area contributed by atoms with Crippen molar-refractivity contribution in [1.82, 2.24) is 4.98 Å². The SMILES string of the molecule is Fc1cc(SCc2ccccc2Cl)ccn1. The van der Waals surface area contributed by atoms with Gasteiger partial charge in [0, 0.05) is 27.9 Å². The number of rotatable bonds is 3. The Labute approximate surface area is 103 Å². The Morgan fingerprint density at radius 3 is 2.81 bits per heavy atom. The molecule has 16 heavy (non-hydrogen) atoms. The topological polar surface area (TPSA) is 12.9 Å². The molecule has 0 fully saturated rings. The van der Waals surface area contributed by atoms with Crippen LogP contribution in [0, 0.1) is 5.95 Å². The van der Waals surface area contributed by atoms with Crippen molar-refractivity contribution in [3.8, 4) is 0 Å². The molecule has 0 radical (unpaired) electrons. The summed E-state index contributed by atoms with van der Waals surface area (Å²) in [6.45, 7) is 0. The van der Waals surface area contributed by atoms with Crippen LogP contribution in [0.1, 0.15) is 5.56 Å². The van der Waals surface area contributed by atoms with Gasteiger partial charge in [-0.1, -0.05) is 29.8 Å². The summed E-state index contributed by atoms with van der Waals surface area (Å²) < 4.78 is 12.8. The Bertz CT molecular complexity index is 490. The summed E-state index contributed by atoms with van der Waals surface area (Å²) in [5.74, 6) is 0.271. The van der Waals surface area contributed by atoms with Crippen LogP contribution in [0.15, 0.2) is 47.5 Å². The minimum Gasteiger partial charge on any atom is -0.228 e. The summed E-state index contributed by atoms with van der Waals surface area (Å²) in [4.78, 5) is 4.36. The van der Waals surface area contributed by atoms with Crippen molar-refractivity contribution in [1.29, 1.82) is 0 Å². The van der Waals surface area contributed by atoms with Crippen LogP contribution in [-0.2, 0) is 5.75 Å². The van der Waals surface area contributed by atoms with Gasteiger partial charge in [-0.2, -0.15) is 4.39 Å². The van der Waals surface area contributed by atoms with Crippen molar-refractivity contribution in [3.05, 3.63) is 59.1 Å². The zero-order valence-electron chi connectivity index (χ0n) is 8.36. The van der Waals surface area contributed by atoms with E-state index in [0.717, 1.165) is 21.2 Å². The second-order valence-corrected chi connectivity index (χ2v) is 4.65. The largest absolute Gasteiger partial charge is 0.228 e. The Balaban J connectivity index is 2.05. The lowest BCUT2D eigenvalue weighted by Crippen LogP contribution is -1.84. The van der Waals surface area contributed by atoms with E-state index in [1.807, 2.05) is 24.3 Å². The van der Waals surface area contributed by atoms with Crippen molar-refractivity contribution in [2.24, 2.45) is 0 Å². The quantitative estimate of drug-likeness (QED) is 0.602. The molecule has 0 aliphatic rings.